The first-order valence-corrected chi connectivity index (χ1v) is 15.3. The molecule has 0 aliphatic heterocycles. The van der Waals surface area contributed by atoms with E-state index in [9.17, 15) is 0 Å². The van der Waals surface area contributed by atoms with Crippen molar-refractivity contribution in [1.82, 2.24) is 0 Å². The van der Waals surface area contributed by atoms with E-state index in [4.69, 9.17) is 4.74 Å². The van der Waals surface area contributed by atoms with Crippen molar-refractivity contribution < 1.29 is 4.74 Å². The first-order valence-electron chi connectivity index (χ1n) is 10.9. The molecule has 4 aromatic rings. The van der Waals surface area contributed by atoms with E-state index in [1.807, 2.05) is 6.07 Å². The summed E-state index contributed by atoms with van der Waals surface area (Å²) in [6.07, 6.45) is 0.859. The molecule has 1 nitrogen and oxygen atoms in total. The van der Waals surface area contributed by atoms with E-state index in [1.165, 1.54) is 38.2 Å². The number of aryl methyl sites for hydroxylation is 3. The Kier molecular flexibility index (Phi) is 6.30. The van der Waals surface area contributed by atoms with Gasteiger partial charge in [-0.15, -0.1) is 0 Å². The molecule has 0 aliphatic rings. The fourth-order valence-electron chi connectivity index (χ4n) is 4.40. The fourth-order valence-corrected chi connectivity index (χ4v) is 12.0. The van der Waals surface area contributed by atoms with Crippen molar-refractivity contribution in [2.45, 2.75) is 26.9 Å². The molecular formula is C29H30BrOP. The predicted molar refractivity (Wildman–Crippen MR) is 145 cm³/mol. The number of halogens is 1. The normalized spacial score (nSPS) is 12.7. The van der Waals surface area contributed by atoms with Crippen molar-refractivity contribution >= 4 is 36.7 Å². The maximum absolute atomic E-state index is 5.57. The maximum atomic E-state index is 5.57. The van der Waals surface area contributed by atoms with Crippen molar-refractivity contribution in [3.63, 3.8) is 0 Å². The summed E-state index contributed by atoms with van der Waals surface area (Å²) in [6, 6.07) is 35.7. The topological polar surface area (TPSA) is 9.23 Å². The monoisotopic (exact) mass is 504 g/mol. The van der Waals surface area contributed by atoms with Gasteiger partial charge in [-0.3, -0.25) is 0 Å². The Bertz CT molecular complexity index is 1100. The molecule has 0 saturated heterocycles. The number of benzene rings is 4. The standard InChI is InChI=1S/C29H30BrOP/c1-22-8-14-27(15-9-22)32(30,28-16-10-23(2)11-17-28,29-18-12-24(3)13-19-29)21-25-6-5-7-26(20-25)31-4/h5-20H,21H2,1-4H3. The molecule has 4 rings (SSSR count). The van der Waals surface area contributed by atoms with Gasteiger partial charge in [-0.2, -0.15) is 0 Å². The molecule has 0 atom stereocenters. The number of ether oxygens (including phenoxy) is 1. The quantitative estimate of drug-likeness (QED) is 0.258. The van der Waals surface area contributed by atoms with Gasteiger partial charge in [-0.1, -0.05) is 0 Å². The molecule has 0 amide bonds. The van der Waals surface area contributed by atoms with Crippen LogP contribution in [0.1, 0.15) is 22.3 Å². The molecule has 0 spiro atoms. The van der Waals surface area contributed by atoms with Crippen LogP contribution in [0.3, 0.4) is 0 Å². The molecule has 4 aromatic carbocycles. The van der Waals surface area contributed by atoms with E-state index in [1.54, 1.807) is 7.11 Å². The van der Waals surface area contributed by atoms with Gasteiger partial charge in [0.15, 0.2) is 0 Å². The van der Waals surface area contributed by atoms with Crippen LogP contribution < -0.4 is 20.7 Å². The van der Waals surface area contributed by atoms with E-state index in [2.05, 4.69) is 127 Å². The van der Waals surface area contributed by atoms with Gasteiger partial charge in [0.05, 0.1) is 0 Å². The van der Waals surface area contributed by atoms with Crippen LogP contribution in [-0.2, 0) is 6.16 Å². The Morgan fingerprint density at radius 3 is 1.41 bits per heavy atom. The fraction of sp³-hybridized carbons (Fsp3) is 0.172. The zero-order valence-electron chi connectivity index (χ0n) is 19.2. The van der Waals surface area contributed by atoms with Crippen LogP contribution in [0, 0.1) is 20.8 Å². The molecular weight excluding hydrogens is 475 g/mol. The summed E-state index contributed by atoms with van der Waals surface area (Å²) in [7, 11) is 1.73. The molecule has 32 heavy (non-hydrogen) atoms. The summed E-state index contributed by atoms with van der Waals surface area (Å²) in [5.74, 6) is 0.886. The molecule has 0 heterocycles. The van der Waals surface area contributed by atoms with Gasteiger partial charge in [0.25, 0.3) is 0 Å². The third kappa shape index (κ3) is 4.03. The molecule has 0 unspecified atom stereocenters. The first-order chi connectivity index (χ1) is 15.3. The van der Waals surface area contributed by atoms with Crippen LogP contribution in [0.2, 0.25) is 0 Å². The van der Waals surface area contributed by atoms with Gasteiger partial charge >= 0.3 is 201 Å². The van der Waals surface area contributed by atoms with Crippen molar-refractivity contribution in [2.75, 3.05) is 7.11 Å². The summed E-state index contributed by atoms with van der Waals surface area (Å²) in [6.45, 7) is 6.44. The average molecular weight is 505 g/mol. The number of rotatable bonds is 6. The van der Waals surface area contributed by atoms with Gasteiger partial charge in [0.1, 0.15) is 0 Å². The Morgan fingerprint density at radius 1 is 0.625 bits per heavy atom. The van der Waals surface area contributed by atoms with Gasteiger partial charge in [-0.25, -0.2) is 0 Å². The van der Waals surface area contributed by atoms with Crippen molar-refractivity contribution in [2.24, 2.45) is 0 Å². The van der Waals surface area contributed by atoms with E-state index in [0.29, 0.717) is 0 Å². The molecule has 0 aliphatic carbocycles. The Hall–Kier alpha value is -2.41. The van der Waals surface area contributed by atoms with E-state index < -0.39 is 5.31 Å². The van der Waals surface area contributed by atoms with Crippen molar-refractivity contribution in [1.29, 1.82) is 0 Å². The van der Waals surface area contributed by atoms with Crippen LogP contribution in [-0.4, -0.2) is 7.11 Å². The van der Waals surface area contributed by atoms with Gasteiger partial charge in [-0.05, 0) is 0 Å². The molecule has 164 valence electrons. The second-order valence-electron chi connectivity index (χ2n) is 8.70. The van der Waals surface area contributed by atoms with Crippen LogP contribution in [0.15, 0.2) is 97.1 Å². The van der Waals surface area contributed by atoms with Crippen LogP contribution in [0.4, 0.5) is 0 Å². The Labute approximate surface area is 200 Å². The second kappa shape index (κ2) is 8.85. The molecule has 0 fully saturated rings. The second-order valence-corrected chi connectivity index (χ2v) is 17.6. The van der Waals surface area contributed by atoms with Crippen LogP contribution in [0.25, 0.3) is 0 Å². The molecule has 0 aromatic heterocycles. The summed E-state index contributed by atoms with van der Waals surface area (Å²) in [4.78, 5) is 0. The van der Waals surface area contributed by atoms with Gasteiger partial charge in [0, 0.05) is 0 Å². The van der Waals surface area contributed by atoms with E-state index in [0.717, 1.165) is 11.9 Å². The molecule has 0 radical (unpaired) electrons. The summed E-state index contributed by atoms with van der Waals surface area (Å²) in [5, 5.41) is 0.959. The first kappa shape index (κ1) is 22.8. The van der Waals surface area contributed by atoms with Gasteiger partial charge in [0.2, 0.25) is 0 Å². The minimum atomic E-state index is -3.03. The number of hydrogen-bond acceptors (Lipinski definition) is 1. The van der Waals surface area contributed by atoms with Crippen LogP contribution >= 0.6 is 20.8 Å². The zero-order chi connectivity index (χ0) is 22.8. The Balaban J connectivity index is 2.08. The number of hydrogen-bond donors (Lipinski definition) is 0. The van der Waals surface area contributed by atoms with E-state index >= 15 is 0 Å². The number of methoxy groups -OCH3 is 1. The predicted octanol–water partition coefficient (Wildman–Crippen LogP) is 6.96. The summed E-state index contributed by atoms with van der Waals surface area (Å²) >= 11 is 4.56. The average Bonchev–Trinajstić information content (AvgIpc) is 2.80. The zero-order valence-corrected chi connectivity index (χ0v) is 21.7. The summed E-state index contributed by atoms with van der Waals surface area (Å²) < 4.78 is 5.57. The molecule has 0 bridgehead atoms. The van der Waals surface area contributed by atoms with E-state index in [-0.39, 0.29) is 0 Å². The van der Waals surface area contributed by atoms with Crippen molar-refractivity contribution in [3.05, 3.63) is 119 Å². The van der Waals surface area contributed by atoms with Gasteiger partial charge < -0.3 is 0 Å². The Morgan fingerprint density at radius 2 is 1.03 bits per heavy atom. The molecule has 3 heteroatoms. The third-order valence-electron chi connectivity index (χ3n) is 6.33. The third-order valence-corrected chi connectivity index (χ3v) is 15.9. The molecule has 0 N–H and O–H groups in total. The van der Waals surface area contributed by atoms with Crippen LogP contribution in [0.5, 0.6) is 5.75 Å². The molecule has 0 saturated carbocycles. The SMILES string of the molecule is COc1cccc(CP(Br)(c2ccc(C)cc2)(c2ccc(C)cc2)c2ccc(C)cc2)c1. The summed E-state index contributed by atoms with van der Waals surface area (Å²) in [5.41, 5.74) is 5.04. The minimum absolute atomic E-state index is 0.859. The van der Waals surface area contributed by atoms with Crippen molar-refractivity contribution in [3.8, 4) is 5.75 Å².